The van der Waals surface area contributed by atoms with E-state index in [1.807, 2.05) is 45.8 Å². The van der Waals surface area contributed by atoms with Gasteiger partial charge in [-0.05, 0) is 31.0 Å². The molecule has 1 unspecified atom stereocenters. The molecule has 1 aliphatic rings. The third-order valence-electron chi connectivity index (χ3n) is 5.20. The van der Waals surface area contributed by atoms with Crippen LogP contribution in [0.4, 0.5) is 0 Å². The summed E-state index contributed by atoms with van der Waals surface area (Å²) in [6.07, 6.45) is 3.17. The van der Waals surface area contributed by atoms with Gasteiger partial charge < -0.3 is 18.9 Å². The maximum atomic E-state index is 5.49. The van der Waals surface area contributed by atoms with Gasteiger partial charge >= 0.3 is 0 Å². The highest BCUT2D eigenvalue weighted by Crippen LogP contribution is 2.50. The van der Waals surface area contributed by atoms with E-state index in [4.69, 9.17) is 18.9 Å². The second-order valence-corrected chi connectivity index (χ2v) is 12.0. The first kappa shape index (κ1) is 21.2. The quantitative estimate of drug-likeness (QED) is 0.191. The van der Waals surface area contributed by atoms with Crippen molar-refractivity contribution in [1.29, 1.82) is 0 Å². The highest BCUT2D eigenvalue weighted by atomic mass is 32.2. The van der Waals surface area contributed by atoms with Gasteiger partial charge in [-0.25, -0.2) is 0 Å². The van der Waals surface area contributed by atoms with Gasteiger partial charge in [-0.2, -0.15) is 0 Å². The van der Waals surface area contributed by atoms with Crippen LogP contribution in [0, 0.1) is 0 Å². The molecule has 0 saturated carbocycles. The van der Waals surface area contributed by atoms with Gasteiger partial charge in [0.1, 0.15) is 13.6 Å². The van der Waals surface area contributed by atoms with Crippen molar-refractivity contribution in [2.24, 2.45) is 0 Å². The van der Waals surface area contributed by atoms with Crippen molar-refractivity contribution < 1.29 is 18.9 Å². The van der Waals surface area contributed by atoms with Crippen LogP contribution in [0.15, 0.2) is 23.1 Å². The lowest BCUT2D eigenvalue weighted by atomic mass is 10.1. The first-order valence-corrected chi connectivity index (χ1v) is 13.3. The maximum absolute atomic E-state index is 5.49. The van der Waals surface area contributed by atoms with Crippen molar-refractivity contribution in [2.75, 3.05) is 41.0 Å². The van der Waals surface area contributed by atoms with Crippen LogP contribution in [0.2, 0.25) is 0 Å². The molecule has 4 heterocycles. The Balaban J connectivity index is 1.36. The lowest BCUT2D eigenvalue weighted by molar-refractivity contribution is -0.0310. The van der Waals surface area contributed by atoms with Crippen molar-refractivity contribution in [3.05, 3.63) is 28.0 Å². The van der Waals surface area contributed by atoms with E-state index in [2.05, 4.69) is 18.2 Å². The molecular weight excluding hydrogens is 457 g/mol. The van der Waals surface area contributed by atoms with E-state index < -0.39 is 0 Å². The van der Waals surface area contributed by atoms with Gasteiger partial charge in [0, 0.05) is 65.4 Å². The Morgan fingerprint density at radius 2 is 1.63 bits per heavy atom. The number of hydrogen-bond acceptors (Lipinski definition) is 8. The van der Waals surface area contributed by atoms with E-state index in [0.717, 1.165) is 25.9 Å². The Bertz CT molecular complexity index is 1160. The molecule has 1 atom stereocenters. The summed E-state index contributed by atoms with van der Waals surface area (Å²) in [5.41, 5.74) is 0. The van der Waals surface area contributed by atoms with Crippen molar-refractivity contribution >= 4 is 75.3 Å². The van der Waals surface area contributed by atoms with Crippen molar-refractivity contribution in [3.8, 4) is 0 Å². The Morgan fingerprint density at radius 1 is 0.867 bits per heavy atom. The molecular formula is C22H24O4S4. The molecule has 0 fully saturated rings. The predicted octanol–water partition coefficient (Wildman–Crippen LogP) is 6.52. The summed E-state index contributed by atoms with van der Waals surface area (Å²) in [4.78, 5) is 4.43. The SMILES string of the molecule is COCOCCc1cc2sc3cc4c5c(sc4cc3c2s1)CC(CCOCOC)S5. The van der Waals surface area contributed by atoms with Gasteiger partial charge in [0.25, 0.3) is 0 Å². The van der Waals surface area contributed by atoms with Crippen molar-refractivity contribution in [2.45, 2.75) is 29.4 Å². The molecule has 4 nitrogen and oxygen atoms in total. The summed E-state index contributed by atoms with van der Waals surface area (Å²) >= 11 is 7.84. The lowest BCUT2D eigenvalue weighted by Gasteiger charge is -2.09. The summed E-state index contributed by atoms with van der Waals surface area (Å²) in [7, 11) is 3.33. The number of thiophene rings is 3. The Morgan fingerprint density at radius 3 is 2.47 bits per heavy atom. The van der Waals surface area contributed by atoms with E-state index >= 15 is 0 Å². The van der Waals surface area contributed by atoms with Crippen LogP contribution in [0.3, 0.4) is 0 Å². The normalized spacial score (nSPS) is 16.4. The average Bonchev–Trinajstić information content (AvgIpc) is 3.46. The maximum Gasteiger partial charge on any atom is 0.146 e. The lowest BCUT2D eigenvalue weighted by Crippen LogP contribution is -2.07. The number of benzene rings is 1. The highest BCUT2D eigenvalue weighted by molar-refractivity contribution is 8.00. The fourth-order valence-corrected chi connectivity index (χ4v) is 9.34. The zero-order valence-corrected chi connectivity index (χ0v) is 20.3. The minimum Gasteiger partial charge on any atom is -0.359 e. The van der Waals surface area contributed by atoms with Crippen LogP contribution < -0.4 is 0 Å². The summed E-state index contributed by atoms with van der Waals surface area (Å²) in [5.74, 6) is 0. The largest absolute Gasteiger partial charge is 0.359 e. The molecule has 0 N–H and O–H groups in total. The summed E-state index contributed by atoms with van der Waals surface area (Å²) < 4.78 is 26.5. The number of hydrogen-bond donors (Lipinski definition) is 0. The molecule has 30 heavy (non-hydrogen) atoms. The molecule has 8 heteroatoms. The number of fused-ring (bicyclic) bond motifs is 6. The first-order valence-electron chi connectivity index (χ1n) is 9.97. The summed E-state index contributed by atoms with van der Waals surface area (Å²) in [5, 5.41) is 3.47. The van der Waals surface area contributed by atoms with Gasteiger partial charge in [-0.1, -0.05) is 0 Å². The van der Waals surface area contributed by atoms with Gasteiger partial charge in [-0.15, -0.1) is 45.8 Å². The second kappa shape index (κ2) is 9.42. The van der Waals surface area contributed by atoms with E-state index in [9.17, 15) is 0 Å². The van der Waals surface area contributed by atoms with E-state index in [1.165, 1.54) is 39.3 Å². The molecule has 160 valence electrons. The Hall–Kier alpha value is -0.710. The predicted molar refractivity (Wildman–Crippen MR) is 130 cm³/mol. The standard InChI is InChI=1S/C22H24O4S4/c1-23-11-25-5-3-13-7-19-21(27-13)15-9-18-16(10-17(15)29-19)22-20(30-18)8-14(28-22)4-6-26-12-24-2/h7,9-10,14H,3-6,8,11-12H2,1-2H3. The fourth-order valence-electron chi connectivity index (χ4n) is 3.85. The number of rotatable bonds is 10. The van der Waals surface area contributed by atoms with Crippen LogP contribution in [-0.4, -0.2) is 46.3 Å². The zero-order chi connectivity index (χ0) is 20.5. The van der Waals surface area contributed by atoms with E-state index in [-0.39, 0.29) is 0 Å². The van der Waals surface area contributed by atoms with Crippen LogP contribution in [-0.2, 0) is 31.8 Å². The molecule has 0 bridgehead atoms. The number of thioether (sulfide) groups is 1. The molecule has 4 aromatic rings. The van der Waals surface area contributed by atoms with Crippen LogP contribution >= 0.6 is 45.8 Å². The van der Waals surface area contributed by atoms with E-state index in [1.54, 1.807) is 19.1 Å². The van der Waals surface area contributed by atoms with Gasteiger partial charge in [0.15, 0.2) is 0 Å². The van der Waals surface area contributed by atoms with Crippen LogP contribution in [0.5, 0.6) is 0 Å². The number of methoxy groups -OCH3 is 2. The van der Waals surface area contributed by atoms with Crippen LogP contribution in [0.1, 0.15) is 16.2 Å². The Labute approximate surface area is 192 Å². The molecule has 0 radical (unpaired) electrons. The van der Waals surface area contributed by atoms with E-state index in [0.29, 0.717) is 25.4 Å². The molecule has 3 aromatic heterocycles. The molecule has 0 saturated heterocycles. The summed E-state index contributed by atoms with van der Waals surface area (Å²) in [6.45, 7) is 2.22. The van der Waals surface area contributed by atoms with Crippen molar-refractivity contribution in [3.63, 3.8) is 0 Å². The third-order valence-corrected chi connectivity index (χ3v) is 10.4. The smallest absolute Gasteiger partial charge is 0.146 e. The minimum absolute atomic E-state index is 0.364. The minimum atomic E-state index is 0.364. The highest BCUT2D eigenvalue weighted by Gasteiger charge is 2.27. The molecule has 0 aliphatic carbocycles. The third kappa shape index (κ3) is 4.17. The number of ether oxygens (including phenoxy) is 4. The van der Waals surface area contributed by atoms with Gasteiger partial charge in [0.05, 0.1) is 17.9 Å². The first-order chi connectivity index (χ1) is 14.8. The van der Waals surface area contributed by atoms with Crippen LogP contribution in [0.25, 0.3) is 29.6 Å². The van der Waals surface area contributed by atoms with Crippen molar-refractivity contribution in [1.82, 2.24) is 0 Å². The molecule has 5 rings (SSSR count). The fraction of sp³-hybridized carbons (Fsp3) is 0.455. The molecule has 1 aliphatic heterocycles. The summed E-state index contributed by atoms with van der Waals surface area (Å²) in [6, 6.07) is 7.19. The monoisotopic (exact) mass is 480 g/mol. The van der Waals surface area contributed by atoms with Gasteiger partial charge in [0.2, 0.25) is 0 Å². The average molecular weight is 481 g/mol. The molecule has 0 spiro atoms. The molecule has 0 amide bonds. The second-order valence-electron chi connectivity index (χ2n) is 7.32. The molecule has 1 aromatic carbocycles. The van der Waals surface area contributed by atoms with Gasteiger partial charge in [-0.3, -0.25) is 0 Å². The zero-order valence-electron chi connectivity index (χ0n) is 17.0. The Kier molecular flexibility index (Phi) is 6.64. The topological polar surface area (TPSA) is 36.9 Å².